The number of piperidine rings is 1. The molecular weight excluding hydrogens is 278 g/mol. The summed E-state index contributed by atoms with van der Waals surface area (Å²) in [6, 6.07) is 5.79. The molecule has 0 saturated carbocycles. The van der Waals surface area contributed by atoms with E-state index in [2.05, 4.69) is 33.0 Å². The van der Waals surface area contributed by atoms with Gasteiger partial charge in [0.05, 0.1) is 6.04 Å². The fraction of sp³-hybridized carbons (Fsp3) is 0.588. The maximum absolute atomic E-state index is 4.59. The molecular formula is C17H23N3S. The zero-order valence-corrected chi connectivity index (χ0v) is 13.3. The normalized spacial score (nSPS) is 32.5. The van der Waals surface area contributed by atoms with Crippen molar-refractivity contribution in [2.45, 2.75) is 37.9 Å². The Balaban J connectivity index is 1.44. The van der Waals surface area contributed by atoms with Gasteiger partial charge in [-0.2, -0.15) is 0 Å². The average Bonchev–Trinajstić information content (AvgIpc) is 2.84. The zero-order valence-electron chi connectivity index (χ0n) is 12.4. The van der Waals surface area contributed by atoms with Gasteiger partial charge in [-0.1, -0.05) is 6.08 Å². The summed E-state index contributed by atoms with van der Waals surface area (Å²) in [6.07, 6.45) is 9.98. The number of hydrogen-bond donors (Lipinski definition) is 0. The van der Waals surface area contributed by atoms with Gasteiger partial charge in [0.1, 0.15) is 0 Å². The number of rotatable bonds is 3. The van der Waals surface area contributed by atoms with Gasteiger partial charge in [-0.25, -0.2) is 0 Å². The molecule has 4 aliphatic rings. The van der Waals surface area contributed by atoms with Crippen LogP contribution in [0, 0.1) is 0 Å². The summed E-state index contributed by atoms with van der Waals surface area (Å²) < 4.78 is 0. The number of nitrogens with zero attached hydrogens (tertiary/aromatic N) is 3. The highest BCUT2D eigenvalue weighted by atomic mass is 32.1. The molecule has 112 valence electrons. The van der Waals surface area contributed by atoms with E-state index in [0.717, 1.165) is 19.0 Å². The van der Waals surface area contributed by atoms with Gasteiger partial charge in [0, 0.05) is 41.6 Å². The van der Waals surface area contributed by atoms with E-state index < -0.39 is 0 Å². The minimum absolute atomic E-state index is 0.361. The van der Waals surface area contributed by atoms with Crippen LogP contribution in [0.2, 0.25) is 0 Å². The van der Waals surface area contributed by atoms with Crippen molar-refractivity contribution in [3.63, 3.8) is 0 Å². The van der Waals surface area contributed by atoms with E-state index in [0.29, 0.717) is 6.04 Å². The van der Waals surface area contributed by atoms with Crippen LogP contribution in [0.25, 0.3) is 0 Å². The molecule has 4 heteroatoms. The fourth-order valence-electron chi connectivity index (χ4n) is 3.70. The van der Waals surface area contributed by atoms with Crippen LogP contribution >= 0.6 is 11.3 Å². The van der Waals surface area contributed by atoms with Crippen LogP contribution in [-0.4, -0.2) is 48.2 Å². The highest BCUT2D eigenvalue weighted by Gasteiger charge is 2.29. The van der Waals surface area contributed by atoms with E-state index in [1.165, 1.54) is 48.8 Å². The second-order valence-electron chi connectivity index (χ2n) is 6.33. The molecule has 3 fully saturated rings. The number of fused-ring (bicyclic) bond motifs is 4. The number of aliphatic imine (C=N–C) groups is 1. The maximum atomic E-state index is 4.59. The number of hydrogen-bond acceptors (Lipinski definition) is 4. The summed E-state index contributed by atoms with van der Waals surface area (Å²) in [6.45, 7) is 6.24. The van der Waals surface area contributed by atoms with Gasteiger partial charge in [-0.15, -0.1) is 11.3 Å². The van der Waals surface area contributed by atoms with E-state index >= 15 is 0 Å². The standard InChI is InChI=1S/C17H23N3S/c1-2-8-18-16(3-1)17-5-4-15(21-17)13-20-12-11-19-9-6-14(20)7-10-19/h1-2,4-5,8,14,16H,3,6-7,9-13H2. The predicted octanol–water partition coefficient (Wildman–Crippen LogP) is 3.10. The van der Waals surface area contributed by atoms with Crippen molar-refractivity contribution < 1.29 is 0 Å². The van der Waals surface area contributed by atoms with E-state index in [1.54, 1.807) is 0 Å². The molecule has 5 rings (SSSR count). The van der Waals surface area contributed by atoms with E-state index in [-0.39, 0.29) is 0 Å². The molecule has 0 amide bonds. The molecule has 0 spiro atoms. The Morgan fingerprint density at radius 1 is 1.14 bits per heavy atom. The van der Waals surface area contributed by atoms with Gasteiger partial charge in [0.25, 0.3) is 0 Å². The van der Waals surface area contributed by atoms with Crippen molar-refractivity contribution in [2.75, 3.05) is 26.2 Å². The monoisotopic (exact) mass is 301 g/mol. The summed E-state index contributed by atoms with van der Waals surface area (Å²) in [7, 11) is 0. The Hall–Kier alpha value is -0.970. The Kier molecular flexibility index (Phi) is 3.93. The summed E-state index contributed by atoms with van der Waals surface area (Å²) in [4.78, 5) is 12.9. The molecule has 1 aromatic rings. The highest BCUT2D eigenvalue weighted by Crippen LogP contribution is 2.31. The molecule has 1 atom stereocenters. The third kappa shape index (κ3) is 2.98. The van der Waals surface area contributed by atoms with Crippen molar-refractivity contribution in [1.29, 1.82) is 0 Å². The van der Waals surface area contributed by atoms with E-state index in [9.17, 15) is 0 Å². The zero-order chi connectivity index (χ0) is 14.1. The van der Waals surface area contributed by atoms with Gasteiger partial charge >= 0.3 is 0 Å². The van der Waals surface area contributed by atoms with Crippen molar-refractivity contribution >= 4 is 17.6 Å². The summed E-state index contributed by atoms with van der Waals surface area (Å²) in [5, 5.41) is 0. The number of dihydropyridines is 1. The minimum atomic E-state index is 0.361. The third-order valence-corrected chi connectivity index (χ3v) is 6.17. The van der Waals surface area contributed by atoms with Gasteiger partial charge in [-0.05, 0) is 50.6 Å². The lowest BCUT2D eigenvalue weighted by molar-refractivity contribution is 0.178. The summed E-state index contributed by atoms with van der Waals surface area (Å²) in [5.74, 6) is 0. The molecule has 3 saturated heterocycles. The first kappa shape index (κ1) is 13.7. The lowest BCUT2D eigenvalue weighted by Gasteiger charge is -2.31. The van der Waals surface area contributed by atoms with Crippen LogP contribution in [0.3, 0.4) is 0 Å². The van der Waals surface area contributed by atoms with Crippen molar-refractivity contribution in [1.82, 2.24) is 9.80 Å². The second-order valence-corrected chi connectivity index (χ2v) is 7.53. The van der Waals surface area contributed by atoms with E-state index in [1.807, 2.05) is 23.6 Å². The first-order chi connectivity index (χ1) is 10.4. The van der Waals surface area contributed by atoms with Crippen LogP contribution in [-0.2, 0) is 6.54 Å². The predicted molar refractivity (Wildman–Crippen MR) is 89.2 cm³/mol. The van der Waals surface area contributed by atoms with Gasteiger partial charge in [-0.3, -0.25) is 9.89 Å². The summed E-state index contributed by atoms with van der Waals surface area (Å²) >= 11 is 1.96. The fourth-order valence-corrected chi connectivity index (χ4v) is 4.80. The average molecular weight is 301 g/mol. The molecule has 0 aliphatic carbocycles. The van der Waals surface area contributed by atoms with Crippen molar-refractivity contribution in [3.05, 3.63) is 34.0 Å². The van der Waals surface area contributed by atoms with Crippen LogP contribution in [0.4, 0.5) is 0 Å². The Labute approximate surface area is 131 Å². The minimum Gasteiger partial charge on any atom is -0.302 e. The van der Waals surface area contributed by atoms with E-state index in [4.69, 9.17) is 0 Å². The smallest absolute Gasteiger partial charge is 0.0875 e. The highest BCUT2D eigenvalue weighted by molar-refractivity contribution is 7.12. The van der Waals surface area contributed by atoms with Crippen LogP contribution in [0.15, 0.2) is 29.3 Å². The van der Waals surface area contributed by atoms with Gasteiger partial charge in [0.15, 0.2) is 0 Å². The Morgan fingerprint density at radius 2 is 2.05 bits per heavy atom. The molecule has 1 aromatic heterocycles. The molecule has 0 N–H and O–H groups in total. The van der Waals surface area contributed by atoms with Crippen LogP contribution < -0.4 is 0 Å². The van der Waals surface area contributed by atoms with Gasteiger partial charge in [0.2, 0.25) is 0 Å². The second kappa shape index (κ2) is 6.03. The Morgan fingerprint density at radius 3 is 2.86 bits per heavy atom. The lowest BCUT2D eigenvalue weighted by Crippen LogP contribution is -2.37. The lowest BCUT2D eigenvalue weighted by atomic mass is 10.1. The van der Waals surface area contributed by atoms with Crippen LogP contribution in [0.5, 0.6) is 0 Å². The quantitative estimate of drug-likeness (QED) is 0.854. The molecule has 2 bridgehead atoms. The molecule has 3 nitrogen and oxygen atoms in total. The summed E-state index contributed by atoms with van der Waals surface area (Å²) in [5.41, 5.74) is 0. The molecule has 1 unspecified atom stereocenters. The molecule has 0 aromatic carbocycles. The van der Waals surface area contributed by atoms with Crippen molar-refractivity contribution in [2.24, 2.45) is 4.99 Å². The first-order valence-electron chi connectivity index (χ1n) is 8.12. The third-order valence-electron chi connectivity index (χ3n) is 4.99. The molecule has 5 heterocycles. The van der Waals surface area contributed by atoms with Crippen molar-refractivity contribution in [3.8, 4) is 0 Å². The van der Waals surface area contributed by atoms with Gasteiger partial charge < -0.3 is 4.90 Å². The first-order valence-corrected chi connectivity index (χ1v) is 8.93. The number of allylic oxidation sites excluding steroid dienone is 1. The number of thiophene rings is 1. The SMILES string of the molecule is C1=CCC(c2ccc(CN3CCN4CCC3CC4)s2)N=C1. The Bertz CT molecular complexity index is 540. The topological polar surface area (TPSA) is 18.8 Å². The maximum Gasteiger partial charge on any atom is 0.0875 e. The molecule has 4 aliphatic heterocycles. The molecule has 21 heavy (non-hydrogen) atoms. The van der Waals surface area contributed by atoms with Crippen LogP contribution in [0.1, 0.15) is 35.1 Å². The molecule has 0 radical (unpaired) electrons. The largest absolute Gasteiger partial charge is 0.302 e.